The molecule has 1 amide bonds. The molecule has 1 aromatic carbocycles. The molecule has 0 aromatic heterocycles. The first-order chi connectivity index (χ1) is 9.76. The van der Waals surface area contributed by atoms with Crippen molar-refractivity contribution < 1.29 is 19.0 Å². The molecule has 0 heterocycles. The molecule has 0 saturated carbocycles. The maximum atomic E-state index is 11.7. The highest BCUT2D eigenvalue weighted by molar-refractivity contribution is 5.78. The summed E-state index contributed by atoms with van der Waals surface area (Å²) in [7, 11) is 3.25. The van der Waals surface area contributed by atoms with Gasteiger partial charge in [0.15, 0.2) is 0 Å². The van der Waals surface area contributed by atoms with Crippen LogP contribution >= 0.6 is 0 Å². The van der Waals surface area contributed by atoms with E-state index >= 15 is 0 Å². The maximum Gasteiger partial charge on any atom is 0.224 e. The van der Waals surface area contributed by atoms with Crippen LogP contribution in [0.5, 0.6) is 5.75 Å². The zero-order chi connectivity index (χ0) is 14.6. The van der Waals surface area contributed by atoms with Crippen LogP contribution in [0.3, 0.4) is 0 Å². The number of carbonyl (C=O) groups is 1. The van der Waals surface area contributed by atoms with E-state index in [9.17, 15) is 4.79 Å². The smallest absolute Gasteiger partial charge is 0.224 e. The molecule has 20 heavy (non-hydrogen) atoms. The van der Waals surface area contributed by atoms with Crippen LogP contribution in [0.2, 0.25) is 0 Å². The molecule has 0 saturated heterocycles. The summed E-state index contributed by atoms with van der Waals surface area (Å²) in [4.78, 5) is 11.7. The maximum absolute atomic E-state index is 11.7. The summed E-state index contributed by atoms with van der Waals surface area (Å²) < 4.78 is 15.3. The molecule has 5 nitrogen and oxygen atoms in total. The Morgan fingerprint density at radius 2 is 2.05 bits per heavy atom. The van der Waals surface area contributed by atoms with Crippen LogP contribution < -0.4 is 10.1 Å². The van der Waals surface area contributed by atoms with Crippen molar-refractivity contribution in [1.29, 1.82) is 0 Å². The van der Waals surface area contributed by atoms with Gasteiger partial charge in [-0.2, -0.15) is 0 Å². The van der Waals surface area contributed by atoms with Gasteiger partial charge in [0.1, 0.15) is 5.75 Å². The van der Waals surface area contributed by atoms with Gasteiger partial charge in [-0.3, -0.25) is 4.79 Å². The van der Waals surface area contributed by atoms with Crippen molar-refractivity contribution in [3.05, 3.63) is 29.8 Å². The SMILES string of the molecule is COCCOCCCNC(=O)Cc1cccc(OC)c1. The number of methoxy groups -OCH3 is 2. The van der Waals surface area contributed by atoms with Crippen LogP contribution in [0.1, 0.15) is 12.0 Å². The molecule has 0 spiro atoms. The molecule has 1 N–H and O–H groups in total. The quantitative estimate of drug-likeness (QED) is 0.659. The van der Waals surface area contributed by atoms with E-state index in [0.29, 0.717) is 32.8 Å². The number of ether oxygens (including phenoxy) is 3. The fourth-order valence-corrected chi connectivity index (χ4v) is 1.68. The van der Waals surface area contributed by atoms with Gasteiger partial charge < -0.3 is 19.5 Å². The molecule has 0 radical (unpaired) electrons. The molecular formula is C15H23NO4. The summed E-state index contributed by atoms with van der Waals surface area (Å²) in [5.74, 6) is 0.775. The van der Waals surface area contributed by atoms with Crippen LogP contribution in [0, 0.1) is 0 Å². The lowest BCUT2D eigenvalue weighted by molar-refractivity contribution is -0.120. The van der Waals surface area contributed by atoms with Crippen LogP contribution in [0.4, 0.5) is 0 Å². The Hall–Kier alpha value is -1.59. The van der Waals surface area contributed by atoms with Gasteiger partial charge >= 0.3 is 0 Å². The van der Waals surface area contributed by atoms with Crippen LogP contribution in [0.15, 0.2) is 24.3 Å². The van der Waals surface area contributed by atoms with Gasteiger partial charge in [0.25, 0.3) is 0 Å². The van der Waals surface area contributed by atoms with Crippen LogP contribution in [-0.4, -0.2) is 46.5 Å². The Balaban J connectivity index is 2.13. The molecule has 0 aliphatic rings. The lowest BCUT2D eigenvalue weighted by atomic mass is 10.1. The van der Waals surface area contributed by atoms with E-state index < -0.39 is 0 Å². The van der Waals surface area contributed by atoms with Crippen molar-refractivity contribution in [2.75, 3.05) is 40.6 Å². The van der Waals surface area contributed by atoms with Crippen molar-refractivity contribution in [1.82, 2.24) is 5.32 Å². The molecule has 0 atom stereocenters. The first-order valence-electron chi connectivity index (χ1n) is 6.72. The van der Waals surface area contributed by atoms with Crippen molar-refractivity contribution >= 4 is 5.91 Å². The number of hydrogen-bond donors (Lipinski definition) is 1. The van der Waals surface area contributed by atoms with Crippen molar-refractivity contribution in [2.24, 2.45) is 0 Å². The van der Waals surface area contributed by atoms with Gasteiger partial charge in [-0.15, -0.1) is 0 Å². The van der Waals surface area contributed by atoms with E-state index in [1.54, 1.807) is 14.2 Å². The molecule has 0 fully saturated rings. The summed E-state index contributed by atoms with van der Waals surface area (Å²) in [5.41, 5.74) is 0.943. The zero-order valence-electron chi connectivity index (χ0n) is 12.2. The third-order valence-electron chi connectivity index (χ3n) is 2.72. The van der Waals surface area contributed by atoms with Gasteiger partial charge in [-0.1, -0.05) is 12.1 Å². The number of rotatable bonds is 10. The lowest BCUT2D eigenvalue weighted by Gasteiger charge is -2.07. The Bertz CT molecular complexity index is 395. The summed E-state index contributed by atoms with van der Waals surface area (Å²) in [5, 5.41) is 2.87. The summed E-state index contributed by atoms with van der Waals surface area (Å²) in [6.45, 7) is 2.44. The Labute approximate surface area is 120 Å². The number of amides is 1. The average molecular weight is 281 g/mol. The Morgan fingerprint density at radius 1 is 1.20 bits per heavy atom. The van der Waals surface area contributed by atoms with E-state index in [4.69, 9.17) is 14.2 Å². The Morgan fingerprint density at radius 3 is 2.80 bits per heavy atom. The standard InChI is InChI=1S/C15H23NO4/c1-18-9-10-20-8-4-7-16-15(17)12-13-5-3-6-14(11-13)19-2/h3,5-6,11H,4,7-10,12H2,1-2H3,(H,16,17). The Kier molecular flexibility index (Phi) is 8.42. The highest BCUT2D eigenvalue weighted by Crippen LogP contribution is 2.12. The predicted molar refractivity (Wildman–Crippen MR) is 77.0 cm³/mol. The molecule has 1 rings (SSSR count). The van der Waals surface area contributed by atoms with Crippen molar-refractivity contribution in [3.63, 3.8) is 0 Å². The first kappa shape index (κ1) is 16.5. The van der Waals surface area contributed by atoms with E-state index in [-0.39, 0.29) is 5.91 Å². The third kappa shape index (κ3) is 7.11. The van der Waals surface area contributed by atoms with Gasteiger partial charge in [0.2, 0.25) is 5.91 Å². The minimum Gasteiger partial charge on any atom is -0.497 e. The van der Waals surface area contributed by atoms with Gasteiger partial charge in [0, 0.05) is 20.3 Å². The molecular weight excluding hydrogens is 258 g/mol. The normalized spacial score (nSPS) is 10.3. The molecule has 112 valence electrons. The van der Waals surface area contributed by atoms with Gasteiger partial charge in [0.05, 0.1) is 26.7 Å². The molecule has 1 aromatic rings. The third-order valence-corrected chi connectivity index (χ3v) is 2.72. The fourth-order valence-electron chi connectivity index (χ4n) is 1.68. The first-order valence-corrected chi connectivity index (χ1v) is 6.72. The molecule has 0 bridgehead atoms. The fraction of sp³-hybridized carbons (Fsp3) is 0.533. The number of carbonyl (C=O) groups excluding carboxylic acids is 1. The highest BCUT2D eigenvalue weighted by atomic mass is 16.5. The van der Waals surface area contributed by atoms with Crippen LogP contribution in [0.25, 0.3) is 0 Å². The number of nitrogens with one attached hydrogen (secondary N) is 1. The second-order valence-corrected chi connectivity index (χ2v) is 4.34. The second-order valence-electron chi connectivity index (χ2n) is 4.34. The molecule has 0 aliphatic carbocycles. The van der Waals surface area contributed by atoms with E-state index in [0.717, 1.165) is 17.7 Å². The van der Waals surface area contributed by atoms with E-state index in [2.05, 4.69) is 5.32 Å². The van der Waals surface area contributed by atoms with Crippen molar-refractivity contribution in [2.45, 2.75) is 12.8 Å². The molecule has 5 heteroatoms. The number of hydrogen-bond acceptors (Lipinski definition) is 4. The summed E-state index contributed by atoms with van der Waals surface area (Å²) >= 11 is 0. The van der Waals surface area contributed by atoms with Gasteiger partial charge in [-0.05, 0) is 24.1 Å². The molecule has 0 unspecified atom stereocenters. The second kappa shape index (κ2) is 10.2. The summed E-state index contributed by atoms with van der Waals surface area (Å²) in [6, 6.07) is 7.52. The minimum atomic E-state index is 0.00939. The largest absolute Gasteiger partial charge is 0.497 e. The van der Waals surface area contributed by atoms with E-state index in [1.165, 1.54) is 0 Å². The number of benzene rings is 1. The van der Waals surface area contributed by atoms with E-state index in [1.807, 2.05) is 24.3 Å². The van der Waals surface area contributed by atoms with Gasteiger partial charge in [-0.25, -0.2) is 0 Å². The molecule has 0 aliphatic heterocycles. The van der Waals surface area contributed by atoms with Crippen LogP contribution in [-0.2, 0) is 20.7 Å². The average Bonchev–Trinajstić information content (AvgIpc) is 2.46. The lowest BCUT2D eigenvalue weighted by Crippen LogP contribution is -2.26. The highest BCUT2D eigenvalue weighted by Gasteiger charge is 2.03. The topological polar surface area (TPSA) is 56.8 Å². The monoisotopic (exact) mass is 281 g/mol. The zero-order valence-corrected chi connectivity index (χ0v) is 12.2. The predicted octanol–water partition coefficient (Wildman–Crippen LogP) is 1.41. The van der Waals surface area contributed by atoms with Crippen molar-refractivity contribution in [3.8, 4) is 5.75 Å². The summed E-state index contributed by atoms with van der Waals surface area (Å²) in [6.07, 6.45) is 1.16. The minimum absolute atomic E-state index is 0.00939.